The van der Waals surface area contributed by atoms with Crippen LogP contribution in [0.3, 0.4) is 0 Å². The first-order valence-corrected chi connectivity index (χ1v) is 6.73. The van der Waals surface area contributed by atoms with Crippen LogP contribution >= 0.6 is 0 Å². The van der Waals surface area contributed by atoms with Crippen LogP contribution in [0.2, 0.25) is 0 Å². The van der Waals surface area contributed by atoms with E-state index in [1.165, 1.54) is 6.07 Å². The summed E-state index contributed by atoms with van der Waals surface area (Å²) in [6, 6.07) is 14.1. The first-order valence-electron chi connectivity index (χ1n) is 6.73. The minimum atomic E-state index is -0.303. The molecule has 0 bridgehead atoms. The van der Waals surface area contributed by atoms with Gasteiger partial charge in [0.05, 0.1) is 11.6 Å². The van der Waals surface area contributed by atoms with Gasteiger partial charge in [-0.15, -0.1) is 0 Å². The van der Waals surface area contributed by atoms with Crippen molar-refractivity contribution < 1.29 is 9.13 Å². The van der Waals surface area contributed by atoms with Gasteiger partial charge in [0.25, 0.3) is 0 Å². The van der Waals surface area contributed by atoms with Crippen molar-refractivity contribution in [2.75, 3.05) is 7.05 Å². The van der Waals surface area contributed by atoms with Gasteiger partial charge in [-0.3, -0.25) is 0 Å². The summed E-state index contributed by atoms with van der Waals surface area (Å²) in [5, 5.41) is 12.0. The van der Waals surface area contributed by atoms with Crippen molar-refractivity contribution >= 4 is 0 Å². The quantitative estimate of drug-likeness (QED) is 0.913. The molecule has 3 nitrogen and oxygen atoms in total. The van der Waals surface area contributed by atoms with Gasteiger partial charge in [0.1, 0.15) is 18.2 Å². The molecule has 0 saturated carbocycles. The molecule has 2 aromatic carbocycles. The van der Waals surface area contributed by atoms with E-state index in [0.29, 0.717) is 16.9 Å². The summed E-state index contributed by atoms with van der Waals surface area (Å²) in [5.74, 6) is 0.148. The Morgan fingerprint density at radius 3 is 2.71 bits per heavy atom. The standard InChI is InChI=1S/C17H17FN2O/c1-12(20-2)16-8-7-15(9-17(16)18)21-11-14-6-4-3-5-13(14)10-19/h3-9,12,20H,11H2,1-2H3. The maximum atomic E-state index is 14.0. The van der Waals surface area contributed by atoms with Crippen molar-refractivity contribution in [2.24, 2.45) is 0 Å². The van der Waals surface area contributed by atoms with Crippen LogP contribution in [0.4, 0.5) is 4.39 Å². The van der Waals surface area contributed by atoms with E-state index < -0.39 is 0 Å². The lowest BCUT2D eigenvalue weighted by atomic mass is 10.1. The fraction of sp³-hybridized carbons (Fsp3) is 0.235. The minimum absolute atomic E-state index is 0.0571. The van der Waals surface area contributed by atoms with E-state index in [1.54, 1.807) is 31.3 Å². The molecule has 0 heterocycles. The lowest BCUT2D eigenvalue weighted by molar-refractivity contribution is 0.304. The van der Waals surface area contributed by atoms with Crippen molar-refractivity contribution in [2.45, 2.75) is 19.6 Å². The van der Waals surface area contributed by atoms with E-state index >= 15 is 0 Å². The van der Waals surface area contributed by atoms with Gasteiger partial charge >= 0.3 is 0 Å². The van der Waals surface area contributed by atoms with Crippen molar-refractivity contribution in [3.63, 3.8) is 0 Å². The topological polar surface area (TPSA) is 45.0 Å². The maximum Gasteiger partial charge on any atom is 0.131 e. The third-order valence-electron chi connectivity index (χ3n) is 3.40. The molecular formula is C17H17FN2O. The van der Waals surface area contributed by atoms with Crippen molar-refractivity contribution in [3.05, 3.63) is 65.0 Å². The Hall–Kier alpha value is -2.38. The van der Waals surface area contributed by atoms with E-state index in [9.17, 15) is 4.39 Å². The van der Waals surface area contributed by atoms with E-state index in [-0.39, 0.29) is 18.5 Å². The van der Waals surface area contributed by atoms with Crippen molar-refractivity contribution in [1.82, 2.24) is 5.32 Å². The second kappa shape index (κ2) is 6.87. The second-order valence-electron chi connectivity index (χ2n) is 4.75. The summed E-state index contributed by atoms with van der Waals surface area (Å²) < 4.78 is 19.6. The molecular weight excluding hydrogens is 267 g/mol. The first-order chi connectivity index (χ1) is 10.2. The predicted octanol–water partition coefficient (Wildman–Crippen LogP) is 3.56. The second-order valence-corrected chi connectivity index (χ2v) is 4.75. The van der Waals surface area contributed by atoms with E-state index in [0.717, 1.165) is 5.56 Å². The summed E-state index contributed by atoms with van der Waals surface area (Å²) in [5.41, 5.74) is 1.95. The number of benzene rings is 2. The molecule has 108 valence electrons. The molecule has 2 rings (SSSR count). The number of nitrogens with zero attached hydrogens (tertiary/aromatic N) is 1. The summed E-state index contributed by atoms with van der Waals surface area (Å²) >= 11 is 0. The zero-order valence-corrected chi connectivity index (χ0v) is 12.1. The molecule has 0 aliphatic carbocycles. The Bertz CT molecular complexity index is 664. The molecule has 2 aromatic rings. The molecule has 0 fully saturated rings. The Morgan fingerprint density at radius 1 is 1.29 bits per heavy atom. The van der Waals surface area contributed by atoms with Gasteiger partial charge in [-0.1, -0.05) is 24.3 Å². The van der Waals surface area contributed by atoms with Gasteiger partial charge in [0.2, 0.25) is 0 Å². The molecule has 1 unspecified atom stereocenters. The van der Waals surface area contributed by atoms with E-state index in [2.05, 4.69) is 11.4 Å². The first kappa shape index (κ1) is 15.0. The highest BCUT2D eigenvalue weighted by molar-refractivity contribution is 5.37. The highest BCUT2D eigenvalue weighted by atomic mass is 19.1. The van der Waals surface area contributed by atoms with Crippen LogP contribution < -0.4 is 10.1 Å². The molecule has 0 aromatic heterocycles. The highest BCUT2D eigenvalue weighted by Gasteiger charge is 2.10. The molecule has 0 amide bonds. The van der Waals surface area contributed by atoms with Crippen molar-refractivity contribution in [1.29, 1.82) is 5.26 Å². The molecule has 0 radical (unpaired) electrons. The summed E-state index contributed by atoms with van der Waals surface area (Å²) in [6.07, 6.45) is 0. The molecule has 1 atom stereocenters. The maximum absolute atomic E-state index is 14.0. The Kier molecular flexibility index (Phi) is 4.91. The Balaban J connectivity index is 2.11. The number of hydrogen-bond donors (Lipinski definition) is 1. The van der Waals surface area contributed by atoms with Crippen LogP contribution in [-0.4, -0.2) is 7.05 Å². The highest BCUT2D eigenvalue weighted by Crippen LogP contribution is 2.22. The number of rotatable bonds is 5. The van der Waals surface area contributed by atoms with E-state index in [1.807, 2.05) is 19.1 Å². The molecule has 0 saturated heterocycles. The Morgan fingerprint density at radius 2 is 2.05 bits per heavy atom. The summed E-state index contributed by atoms with van der Waals surface area (Å²) in [4.78, 5) is 0. The minimum Gasteiger partial charge on any atom is -0.489 e. The van der Waals surface area contributed by atoms with E-state index in [4.69, 9.17) is 10.00 Å². The normalized spacial score (nSPS) is 11.7. The molecule has 1 N–H and O–H groups in total. The largest absolute Gasteiger partial charge is 0.489 e. The van der Waals surface area contributed by atoms with Crippen LogP contribution in [0.5, 0.6) is 5.75 Å². The third kappa shape index (κ3) is 3.59. The lowest BCUT2D eigenvalue weighted by Crippen LogP contribution is -2.13. The molecule has 4 heteroatoms. The third-order valence-corrected chi connectivity index (χ3v) is 3.40. The van der Waals surface area contributed by atoms with Gasteiger partial charge in [-0.25, -0.2) is 4.39 Å². The fourth-order valence-electron chi connectivity index (χ4n) is 2.02. The average molecular weight is 284 g/mol. The SMILES string of the molecule is CNC(C)c1ccc(OCc2ccccc2C#N)cc1F. The van der Waals surface area contributed by atoms with Gasteiger partial charge in [-0.05, 0) is 26.1 Å². The van der Waals surface area contributed by atoms with Crippen LogP contribution in [0, 0.1) is 17.1 Å². The summed E-state index contributed by atoms with van der Waals surface area (Å²) in [6.45, 7) is 2.13. The van der Waals surface area contributed by atoms with Crippen molar-refractivity contribution in [3.8, 4) is 11.8 Å². The predicted molar refractivity (Wildman–Crippen MR) is 79.4 cm³/mol. The summed E-state index contributed by atoms with van der Waals surface area (Å²) in [7, 11) is 1.79. The Labute approximate surface area is 124 Å². The number of nitriles is 1. The zero-order chi connectivity index (χ0) is 15.2. The van der Waals surface area contributed by atoms with Crippen LogP contribution in [0.15, 0.2) is 42.5 Å². The van der Waals surface area contributed by atoms with Gasteiger partial charge < -0.3 is 10.1 Å². The van der Waals surface area contributed by atoms with Gasteiger partial charge in [-0.2, -0.15) is 5.26 Å². The molecule has 21 heavy (non-hydrogen) atoms. The average Bonchev–Trinajstić information content (AvgIpc) is 2.52. The number of nitrogens with one attached hydrogen (secondary N) is 1. The van der Waals surface area contributed by atoms with Gasteiger partial charge in [0, 0.05) is 23.2 Å². The monoisotopic (exact) mass is 284 g/mol. The number of halogens is 1. The van der Waals surface area contributed by atoms with Gasteiger partial charge in [0.15, 0.2) is 0 Å². The zero-order valence-electron chi connectivity index (χ0n) is 12.1. The number of hydrogen-bond acceptors (Lipinski definition) is 3. The fourth-order valence-corrected chi connectivity index (χ4v) is 2.02. The van der Waals surface area contributed by atoms with Crippen LogP contribution in [0.25, 0.3) is 0 Å². The molecule has 0 aliphatic rings. The lowest BCUT2D eigenvalue weighted by Gasteiger charge is -2.13. The smallest absolute Gasteiger partial charge is 0.131 e. The van der Waals surface area contributed by atoms with Crippen LogP contribution in [0.1, 0.15) is 29.7 Å². The molecule has 0 aliphatic heterocycles. The van der Waals surface area contributed by atoms with Crippen LogP contribution in [-0.2, 0) is 6.61 Å². The molecule has 0 spiro atoms. The number of ether oxygens (including phenoxy) is 1.